The predicted octanol–water partition coefficient (Wildman–Crippen LogP) is 2.54. The molecule has 1 heterocycles. The van der Waals surface area contributed by atoms with E-state index in [0.29, 0.717) is 0 Å². The second-order valence-corrected chi connectivity index (χ2v) is 4.46. The molecule has 0 amide bonds. The third kappa shape index (κ3) is 1.60. The maximum Gasteiger partial charge on any atom is 0.315 e. The summed E-state index contributed by atoms with van der Waals surface area (Å²) in [7, 11) is 0. The second kappa shape index (κ2) is 4.24. The Kier molecular flexibility index (Phi) is 2.95. The zero-order valence-electron chi connectivity index (χ0n) is 9.57. The molecule has 0 bridgehead atoms. The summed E-state index contributed by atoms with van der Waals surface area (Å²) in [6.45, 7) is 2.05. The van der Waals surface area contributed by atoms with E-state index < -0.39 is 11.4 Å². The van der Waals surface area contributed by atoms with Gasteiger partial charge in [0, 0.05) is 6.20 Å². The molecule has 0 saturated heterocycles. The molecule has 86 valence electrons. The highest BCUT2D eigenvalue weighted by Crippen LogP contribution is 2.41. The number of rotatable bonds is 3. The highest BCUT2D eigenvalue weighted by atomic mass is 16.4. The van der Waals surface area contributed by atoms with Crippen molar-refractivity contribution in [3.63, 3.8) is 0 Å². The van der Waals surface area contributed by atoms with Gasteiger partial charge in [0.05, 0.1) is 5.69 Å². The quantitative estimate of drug-likeness (QED) is 0.849. The third-order valence-electron chi connectivity index (χ3n) is 3.59. The molecule has 0 aliphatic heterocycles. The van der Waals surface area contributed by atoms with Gasteiger partial charge in [-0.05, 0) is 30.9 Å². The van der Waals surface area contributed by atoms with Crippen LogP contribution in [0, 0.1) is 0 Å². The van der Waals surface area contributed by atoms with Gasteiger partial charge >= 0.3 is 5.97 Å². The lowest BCUT2D eigenvalue weighted by molar-refractivity contribution is -0.143. The van der Waals surface area contributed by atoms with Crippen LogP contribution in [0.2, 0.25) is 0 Å². The number of aryl methyl sites for hydroxylation is 1. The number of hydrogen-bond acceptors (Lipinski definition) is 2. The average Bonchev–Trinajstić information content (AvgIpc) is 2.79. The van der Waals surface area contributed by atoms with Gasteiger partial charge in [0.1, 0.15) is 5.41 Å². The van der Waals surface area contributed by atoms with E-state index in [2.05, 4.69) is 4.98 Å². The molecule has 0 aromatic carbocycles. The minimum Gasteiger partial charge on any atom is -0.481 e. The van der Waals surface area contributed by atoms with Crippen molar-refractivity contribution in [1.82, 2.24) is 4.98 Å². The van der Waals surface area contributed by atoms with Gasteiger partial charge in [-0.15, -0.1) is 0 Å². The van der Waals surface area contributed by atoms with Gasteiger partial charge in [0.25, 0.3) is 0 Å². The van der Waals surface area contributed by atoms with Crippen molar-refractivity contribution in [3.8, 4) is 0 Å². The molecular formula is C13H17NO2. The highest BCUT2D eigenvalue weighted by molar-refractivity contribution is 5.81. The molecule has 1 fully saturated rings. The van der Waals surface area contributed by atoms with E-state index in [1.54, 1.807) is 6.20 Å². The third-order valence-corrected chi connectivity index (χ3v) is 3.59. The summed E-state index contributed by atoms with van der Waals surface area (Å²) in [5.74, 6) is -0.710. The van der Waals surface area contributed by atoms with Crippen LogP contribution in [-0.4, -0.2) is 16.1 Å². The zero-order chi connectivity index (χ0) is 11.6. The largest absolute Gasteiger partial charge is 0.481 e. The summed E-state index contributed by atoms with van der Waals surface area (Å²) in [5.41, 5.74) is 1.15. The van der Waals surface area contributed by atoms with Crippen molar-refractivity contribution < 1.29 is 9.90 Å². The van der Waals surface area contributed by atoms with Gasteiger partial charge in [-0.1, -0.05) is 25.8 Å². The topological polar surface area (TPSA) is 50.2 Å². The first-order valence-corrected chi connectivity index (χ1v) is 5.88. The fourth-order valence-corrected chi connectivity index (χ4v) is 2.69. The Hall–Kier alpha value is -1.38. The number of aliphatic carboxylic acids is 1. The fraction of sp³-hybridized carbons (Fsp3) is 0.538. The average molecular weight is 219 g/mol. The number of pyridine rings is 1. The lowest BCUT2D eigenvalue weighted by Gasteiger charge is -2.25. The van der Waals surface area contributed by atoms with Crippen LogP contribution in [0.1, 0.15) is 43.9 Å². The lowest BCUT2D eigenvalue weighted by atomic mass is 9.80. The molecule has 1 aromatic heterocycles. The number of hydrogen-bond donors (Lipinski definition) is 1. The monoisotopic (exact) mass is 219 g/mol. The van der Waals surface area contributed by atoms with E-state index in [4.69, 9.17) is 0 Å². The van der Waals surface area contributed by atoms with Gasteiger partial charge < -0.3 is 5.11 Å². The highest BCUT2D eigenvalue weighted by Gasteiger charge is 2.45. The molecule has 0 spiro atoms. The Labute approximate surface area is 95.5 Å². The predicted molar refractivity (Wildman–Crippen MR) is 61.4 cm³/mol. The van der Waals surface area contributed by atoms with Crippen molar-refractivity contribution in [2.24, 2.45) is 0 Å². The first kappa shape index (κ1) is 11.1. The van der Waals surface area contributed by atoms with Crippen molar-refractivity contribution >= 4 is 5.97 Å². The lowest BCUT2D eigenvalue weighted by Crippen LogP contribution is -2.34. The number of carbonyl (C=O) groups is 1. The number of carboxylic acid groups (broad SMARTS) is 1. The molecule has 3 heteroatoms. The van der Waals surface area contributed by atoms with E-state index in [1.165, 1.54) is 0 Å². The Morgan fingerprint density at radius 3 is 2.75 bits per heavy atom. The minimum absolute atomic E-state index is 0.710. The van der Waals surface area contributed by atoms with E-state index in [1.807, 2.05) is 19.1 Å². The van der Waals surface area contributed by atoms with Crippen LogP contribution in [-0.2, 0) is 16.6 Å². The molecule has 1 aliphatic carbocycles. The van der Waals surface area contributed by atoms with Gasteiger partial charge in [0.15, 0.2) is 0 Å². The summed E-state index contributed by atoms with van der Waals surface area (Å²) in [4.78, 5) is 15.9. The molecule has 1 saturated carbocycles. The Morgan fingerprint density at radius 2 is 2.19 bits per heavy atom. The van der Waals surface area contributed by atoms with Crippen LogP contribution in [0.4, 0.5) is 0 Å². The van der Waals surface area contributed by atoms with Gasteiger partial charge in [-0.25, -0.2) is 0 Å². The molecule has 2 rings (SSSR count). The van der Waals surface area contributed by atoms with Crippen molar-refractivity contribution in [1.29, 1.82) is 0 Å². The maximum absolute atomic E-state index is 11.6. The molecule has 1 aromatic rings. The molecule has 0 atom stereocenters. The SMILES string of the molecule is CCc1cccnc1C1(C(=O)O)CCCC1. The van der Waals surface area contributed by atoms with E-state index >= 15 is 0 Å². The summed E-state index contributed by atoms with van der Waals surface area (Å²) in [6, 6.07) is 3.87. The molecular weight excluding hydrogens is 202 g/mol. The molecule has 16 heavy (non-hydrogen) atoms. The standard InChI is InChI=1S/C13H17NO2/c1-2-10-6-5-9-14-11(10)13(12(15)16)7-3-4-8-13/h5-6,9H,2-4,7-8H2,1H3,(H,15,16). The Balaban J connectivity index is 2.51. The second-order valence-electron chi connectivity index (χ2n) is 4.46. The zero-order valence-corrected chi connectivity index (χ0v) is 9.57. The summed E-state index contributed by atoms with van der Waals surface area (Å²) >= 11 is 0. The minimum atomic E-state index is -0.716. The number of aromatic nitrogens is 1. The van der Waals surface area contributed by atoms with Crippen LogP contribution < -0.4 is 0 Å². The summed E-state index contributed by atoms with van der Waals surface area (Å²) in [6.07, 6.45) is 5.99. The van der Waals surface area contributed by atoms with Gasteiger partial charge in [-0.3, -0.25) is 9.78 Å². The van der Waals surface area contributed by atoms with Crippen molar-refractivity contribution in [2.75, 3.05) is 0 Å². The van der Waals surface area contributed by atoms with Crippen molar-refractivity contribution in [2.45, 2.75) is 44.4 Å². The first-order valence-electron chi connectivity index (χ1n) is 5.88. The summed E-state index contributed by atoms with van der Waals surface area (Å²) in [5, 5.41) is 9.50. The van der Waals surface area contributed by atoms with E-state index in [0.717, 1.165) is 43.4 Å². The first-order chi connectivity index (χ1) is 7.70. The molecule has 0 radical (unpaired) electrons. The smallest absolute Gasteiger partial charge is 0.315 e. The Bertz CT molecular complexity index is 395. The Morgan fingerprint density at radius 1 is 1.50 bits per heavy atom. The van der Waals surface area contributed by atoms with Crippen LogP contribution in [0.15, 0.2) is 18.3 Å². The molecule has 1 N–H and O–H groups in total. The van der Waals surface area contributed by atoms with Crippen LogP contribution in [0.25, 0.3) is 0 Å². The fourth-order valence-electron chi connectivity index (χ4n) is 2.69. The van der Waals surface area contributed by atoms with Crippen LogP contribution in [0.5, 0.6) is 0 Å². The van der Waals surface area contributed by atoms with Crippen LogP contribution >= 0.6 is 0 Å². The van der Waals surface area contributed by atoms with Crippen molar-refractivity contribution in [3.05, 3.63) is 29.6 Å². The van der Waals surface area contributed by atoms with E-state index in [-0.39, 0.29) is 0 Å². The molecule has 3 nitrogen and oxygen atoms in total. The molecule has 1 aliphatic rings. The number of carboxylic acids is 1. The van der Waals surface area contributed by atoms with Gasteiger partial charge in [0.2, 0.25) is 0 Å². The van der Waals surface area contributed by atoms with Crippen LogP contribution in [0.3, 0.4) is 0 Å². The van der Waals surface area contributed by atoms with E-state index in [9.17, 15) is 9.90 Å². The number of nitrogens with zero attached hydrogens (tertiary/aromatic N) is 1. The normalized spacial score (nSPS) is 18.6. The molecule has 0 unspecified atom stereocenters. The summed E-state index contributed by atoms with van der Waals surface area (Å²) < 4.78 is 0. The maximum atomic E-state index is 11.6. The van der Waals surface area contributed by atoms with Gasteiger partial charge in [-0.2, -0.15) is 0 Å².